The molecule has 1 unspecified atom stereocenters. The zero-order chi connectivity index (χ0) is 14.6. The van der Waals surface area contributed by atoms with Crippen LogP contribution in [0.3, 0.4) is 0 Å². The van der Waals surface area contributed by atoms with Crippen LogP contribution in [0.1, 0.15) is 29.3 Å². The van der Waals surface area contributed by atoms with Gasteiger partial charge >= 0.3 is 0 Å². The van der Waals surface area contributed by atoms with Crippen molar-refractivity contribution in [3.8, 4) is 12.3 Å². The first-order valence-corrected chi connectivity index (χ1v) is 7.24. The lowest BCUT2D eigenvalue weighted by Gasteiger charge is -2.11. The smallest absolute Gasteiger partial charge is 0.252 e. The van der Waals surface area contributed by atoms with E-state index >= 15 is 0 Å². The molecule has 0 aromatic heterocycles. The Morgan fingerprint density at radius 2 is 2.11 bits per heavy atom. The number of nitrogens with two attached hydrogens (primary N) is 1. The molecule has 0 spiro atoms. The Kier molecular flexibility index (Phi) is 4.70. The number of amides is 1. The average molecular weight is 280 g/mol. The third-order valence-electron chi connectivity index (χ3n) is 2.56. The number of aryl methyl sites for hydroxylation is 1. The van der Waals surface area contributed by atoms with Crippen molar-refractivity contribution >= 4 is 15.9 Å². The van der Waals surface area contributed by atoms with E-state index in [1.165, 1.54) is 12.1 Å². The second-order valence-electron chi connectivity index (χ2n) is 4.18. The lowest BCUT2D eigenvalue weighted by molar-refractivity contribution is 0.0944. The second kappa shape index (κ2) is 5.87. The van der Waals surface area contributed by atoms with E-state index < -0.39 is 15.9 Å². The minimum Gasteiger partial charge on any atom is -0.338 e. The van der Waals surface area contributed by atoms with E-state index in [0.717, 1.165) is 0 Å². The SMILES string of the molecule is C#CC(CC)NC(=O)c1cc(C)cc(S(N)(=O)=O)c1. The standard InChI is InChI=1S/C13H16N2O3S/c1-4-11(5-2)15-13(16)10-6-9(3)7-12(8-10)19(14,17)18/h1,6-8,11H,5H2,2-3H3,(H,15,16)(H2,14,17,18). The van der Waals surface area contributed by atoms with Crippen LogP contribution in [0, 0.1) is 19.3 Å². The molecular weight excluding hydrogens is 264 g/mol. The Morgan fingerprint density at radius 1 is 1.47 bits per heavy atom. The third-order valence-corrected chi connectivity index (χ3v) is 3.45. The fourth-order valence-electron chi connectivity index (χ4n) is 1.55. The molecule has 0 aliphatic rings. The number of sulfonamides is 1. The van der Waals surface area contributed by atoms with Gasteiger partial charge in [-0.2, -0.15) is 0 Å². The van der Waals surface area contributed by atoms with Gasteiger partial charge in [0.1, 0.15) is 0 Å². The molecule has 1 aromatic rings. The summed E-state index contributed by atoms with van der Waals surface area (Å²) in [6.45, 7) is 3.53. The van der Waals surface area contributed by atoms with Crippen molar-refractivity contribution in [3.05, 3.63) is 29.3 Å². The summed E-state index contributed by atoms with van der Waals surface area (Å²) in [5.74, 6) is 2.02. The van der Waals surface area contributed by atoms with Gasteiger partial charge < -0.3 is 5.32 Å². The number of terminal acetylenes is 1. The van der Waals surface area contributed by atoms with Gasteiger partial charge in [-0.05, 0) is 37.1 Å². The number of primary sulfonamides is 1. The van der Waals surface area contributed by atoms with E-state index in [1.807, 2.05) is 6.92 Å². The van der Waals surface area contributed by atoms with Crippen LogP contribution in [0.5, 0.6) is 0 Å². The Labute approximate surface area is 113 Å². The zero-order valence-electron chi connectivity index (χ0n) is 10.8. The Bertz CT molecular complexity index is 630. The molecule has 6 heteroatoms. The molecule has 102 valence electrons. The lowest BCUT2D eigenvalue weighted by atomic mass is 10.1. The molecular formula is C13H16N2O3S. The number of benzene rings is 1. The molecule has 5 nitrogen and oxygen atoms in total. The topological polar surface area (TPSA) is 89.3 Å². The van der Waals surface area contributed by atoms with E-state index in [0.29, 0.717) is 12.0 Å². The highest BCUT2D eigenvalue weighted by Crippen LogP contribution is 2.13. The van der Waals surface area contributed by atoms with Crippen LogP contribution in [-0.2, 0) is 10.0 Å². The highest BCUT2D eigenvalue weighted by Gasteiger charge is 2.15. The Morgan fingerprint density at radius 3 is 2.58 bits per heavy atom. The third kappa shape index (κ3) is 4.09. The lowest BCUT2D eigenvalue weighted by Crippen LogP contribution is -2.33. The first-order chi connectivity index (χ1) is 8.77. The van der Waals surface area contributed by atoms with Gasteiger partial charge in [-0.3, -0.25) is 4.79 Å². The number of rotatable bonds is 4. The predicted molar refractivity (Wildman–Crippen MR) is 72.9 cm³/mol. The minimum atomic E-state index is -3.84. The van der Waals surface area contributed by atoms with Gasteiger partial charge in [-0.25, -0.2) is 13.6 Å². The van der Waals surface area contributed by atoms with E-state index in [2.05, 4.69) is 11.2 Å². The molecule has 0 heterocycles. The van der Waals surface area contributed by atoms with E-state index in [4.69, 9.17) is 11.6 Å². The predicted octanol–water partition coefficient (Wildman–Crippen LogP) is 0.784. The summed E-state index contributed by atoms with van der Waals surface area (Å²) in [7, 11) is -3.84. The van der Waals surface area contributed by atoms with E-state index in [-0.39, 0.29) is 16.5 Å². The maximum absolute atomic E-state index is 12.0. The first kappa shape index (κ1) is 15.2. The molecule has 1 atom stereocenters. The van der Waals surface area contributed by atoms with Gasteiger partial charge in [0, 0.05) is 5.56 Å². The van der Waals surface area contributed by atoms with Crippen LogP contribution < -0.4 is 10.5 Å². The first-order valence-electron chi connectivity index (χ1n) is 5.69. The molecule has 0 saturated heterocycles. The molecule has 0 aliphatic heterocycles. The average Bonchev–Trinajstić information content (AvgIpc) is 2.33. The van der Waals surface area contributed by atoms with Crippen LogP contribution >= 0.6 is 0 Å². The molecule has 0 fully saturated rings. The van der Waals surface area contributed by atoms with Gasteiger partial charge in [0.15, 0.2) is 0 Å². The summed E-state index contributed by atoms with van der Waals surface area (Å²) >= 11 is 0. The molecule has 0 bridgehead atoms. The molecule has 1 aromatic carbocycles. The van der Waals surface area contributed by atoms with Crippen molar-refractivity contribution < 1.29 is 13.2 Å². The largest absolute Gasteiger partial charge is 0.338 e. The van der Waals surface area contributed by atoms with Crippen LogP contribution in [0.15, 0.2) is 23.1 Å². The minimum absolute atomic E-state index is 0.0913. The van der Waals surface area contributed by atoms with Crippen LogP contribution in [0.25, 0.3) is 0 Å². The van der Waals surface area contributed by atoms with Gasteiger partial charge in [0.2, 0.25) is 10.0 Å². The Hall–Kier alpha value is -1.84. The summed E-state index contributed by atoms with van der Waals surface area (Å²) < 4.78 is 22.6. The molecule has 0 radical (unpaired) electrons. The quantitative estimate of drug-likeness (QED) is 0.799. The van der Waals surface area contributed by atoms with Crippen molar-refractivity contribution in [3.63, 3.8) is 0 Å². The van der Waals surface area contributed by atoms with Gasteiger partial charge in [-0.1, -0.05) is 12.8 Å². The van der Waals surface area contributed by atoms with Crippen molar-refractivity contribution in [2.75, 3.05) is 0 Å². The maximum Gasteiger partial charge on any atom is 0.252 e. The Balaban J connectivity index is 3.12. The van der Waals surface area contributed by atoms with Crippen LogP contribution in [0.4, 0.5) is 0 Å². The van der Waals surface area contributed by atoms with Crippen molar-refractivity contribution in [1.82, 2.24) is 5.32 Å². The maximum atomic E-state index is 12.0. The van der Waals surface area contributed by atoms with Crippen molar-refractivity contribution in [1.29, 1.82) is 0 Å². The summed E-state index contributed by atoms with van der Waals surface area (Å²) in [6.07, 6.45) is 5.85. The van der Waals surface area contributed by atoms with Gasteiger partial charge in [-0.15, -0.1) is 6.42 Å². The summed E-state index contributed by atoms with van der Waals surface area (Å²) in [5, 5.41) is 7.68. The molecule has 3 N–H and O–H groups in total. The molecule has 0 saturated carbocycles. The van der Waals surface area contributed by atoms with Crippen molar-refractivity contribution in [2.45, 2.75) is 31.2 Å². The molecule has 19 heavy (non-hydrogen) atoms. The second-order valence-corrected chi connectivity index (χ2v) is 5.74. The highest BCUT2D eigenvalue weighted by atomic mass is 32.2. The zero-order valence-corrected chi connectivity index (χ0v) is 11.6. The molecule has 1 rings (SSSR count). The normalized spacial score (nSPS) is 12.5. The fourth-order valence-corrected chi connectivity index (χ4v) is 2.19. The number of hydrogen-bond donors (Lipinski definition) is 2. The molecule has 1 amide bonds. The van der Waals surface area contributed by atoms with E-state index in [9.17, 15) is 13.2 Å². The monoisotopic (exact) mass is 280 g/mol. The van der Waals surface area contributed by atoms with Crippen molar-refractivity contribution in [2.24, 2.45) is 5.14 Å². The summed E-state index contributed by atoms with van der Waals surface area (Å²) in [4.78, 5) is 11.9. The number of nitrogens with one attached hydrogen (secondary N) is 1. The highest BCUT2D eigenvalue weighted by molar-refractivity contribution is 7.89. The van der Waals surface area contributed by atoms with Crippen LogP contribution in [0.2, 0.25) is 0 Å². The summed E-state index contributed by atoms with van der Waals surface area (Å²) in [5.41, 5.74) is 0.850. The van der Waals surface area contributed by atoms with Gasteiger partial charge in [0.05, 0.1) is 10.9 Å². The number of carbonyl (C=O) groups is 1. The fraction of sp³-hybridized carbons (Fsp3) is 0.308. The summed E-state index contributed by atoms with van der Waals surface area (Å²) in [6, 6.07) is 3.84. The molecule has 0 aliphatic carbocycles. The number of carbonyl (C=O) groups excluding carboxylic acids is 1. The van der Waals surface area contributed by atoms with Gasteiger partial charge in [0.25, 0.3) is 5.91 Å². The number of hydrogen-bond acceptors (Lipinski definition) is 3. The van der Waals surface area contributed by atoms with E-state index in [1.54, 1.807) is 13.0 Å². The van der Waals surface area contributed by atoms with Crippen LogP contribution in [-0.4, -0.2) is 20.4 Å².